The predicted molar refractivity (Wildman–Crippen MR) is 189 cm³/mol. The lowest BCUT2D eigenvalue weighted by molar-refractivity contribution is -0.384. The van der Waals surface area contributed by atoms with Crippen molar-refractivity contribution in [2.75, 3.05) is 39.3 Å². The molecule has 16 heteroatoms. The topological polar surface area (TPSA) is 177 Å². The second-order valence-corrected chi connectivity index (χ2v) is 15.1. The minimum atomic E-state index is -0.427. The van der Waals surface area contributed by atoms with Gasteiger partial charge in [-0.05, 0) is 87.5 Å². The van der Waals surface area contributed by atoms with E-state index in [1.54, 1.807) is 42.7 Å². The molecule has 2 atom stereocenters. The van der Waals surface area contributed by atoms with Crippen LogP contribution in [0.2, 0.25) is 0 Å². The molecule has 8 heterocycles. The summed E-state index contributed by atoms with van der Waals surface area (Å²) >= 11 is 2.50. The van der Waals surface area contributed by atoms with Gasteiger partial charge in [0.15, 0.2) is 10.0 Å². The number of piperidine rings is 6. The van der Waals surface area contributed by atoms with Crippen LogP contribution in [0.15, 0.2) is 60.9 Å². The minimum absolute atomic E-state index is 0.0236. The first-order chi connectivity index (χ1) is 24.2. The van der Waals surface area contributed by atoms with E-state index in [9.17, 15) is 29.8 Å². The highest BCUT2D eigenvalue weighted by Gasteiger charge is 2.36. The van der Waals surface area contributed by atoms with E-state index in [1.807, 2.05) is 0 Å². The zero-order valence-corrected chi connectivity index (χ0v) is 28.7. The summed E-state index contributed by atoms with van der Waals surface area (Å²) in [4.78, 5) is 60.8. The van der Waals surface area contributed by atoms with Gasteiger partial charge in [-0.3, -0.25) is 29.8 Å². The SMILES string of the molecule is O=C(N[C@H]1CN2CCC1CC2)c1ncc(-c2ccc([N+](=O)[O-])cc2)s1.O=C(N[C@H]1CN2CCC1CC2)c1ncc(-c2ccccc2[N+](=O)[O-])s1. The lowest BCUT2D eigenvalue weighted by Crippen LogP contribution is -2.57. The third kappa shape index (κ3) is 7.43. The van der Waals surface area contributed by atoms with Crippen molar-refractivity contribution in [3.63, 3.8) is 0 Å². The van der Waals surface area contributed by atoms with Crippen molar-refractivity contribution in [1.29, 1.82) is 0 Å². The first kappa shape index (κ1) is 33.8. The number of nitrogens with one attached hydrogen (secondary N) is 2. The zero-order valence-electron chi connectivity index (χ0n) is 27.1. The summed E-state index contributed by atoms with van der Waals surface area (Å²) in [6, 6.07) is 13.2. The second kappa shape index (κ2) is 14.7. The molecule has 2 N–H and O–H groups in total. The lowest BCUT2D eigenvalue weighted by Gasteiger charge is -2.44. The number of thiazole rings is 2. The van der Waals surface area contributed by atoms with E-state index in [0.717, 1.165) is 75.4 Å². The fourth-order valence-corrected chi connectivity index (χ4v) is 9.00. The highest BCUT2D eigenvalue weighted by molar-refractivity contribution is 7.17. The number of rotatable bonds is 8. The Morgan fingerprint density at radius 1 is 0.700 bits per heavy atom. The van der Waals surface area contributed by atoms with Crippen molar-refractivity contribution in [3.05, 3.63) is 91.2 Å². The molecular formula is C34H36N8O6S2. The number of hydrogen-bond donors (Lipinski definition) is 2. The molecule has 4 aromatic rings. The number of carbonyl (C=O) groups excluding carboxylic acids is 2. The fourth-order valence-electron chi connectivity index (χ4n) is 7.32. The molecule has 6 aliphatic rings. The molecule has 260 valence electrons. The molecule has 10 rings (SSSR count). The monoisotopic (exact) mass is 716 g/mol. The third-order valence-electron chi connectivity index (χ3n) is 10.1. The van der Waals surface area contributed by atoms with Crippen molar-refractivity contribution >= 4 is 45.9 Å². The number of para-hydroxylation sites is 1. The van der Waals surface area contributed by atoms with E-state index in [-0.39, 0.29) is 35.3 Å². The maximum Gasteiger partial charge on any atom is 0.280 e. The molecule has 50 heavy (non-hydrogen) atoms. The molecule has 2 aromatic carbocycles. The van der Waals surface area contributed by atoms with Gasteiger partial charge >= 0.3 is 0 Å². The number of carbonyl (C=O) groups is 2. The van der Waals surface area contributed by atoms with Crippen LogP contribution in [0.4, 0.5) is 11.4 Å². The van der Waals surface area contributed by atoms with Gasteiger partial charge in [0.05, 0.1) is 25.2 Å². The van der Waals surface area contributed by atoms with Crippen LogP contribution in [0.1, 0.15) is 45.3 Å². The first-order valence-electron chi connectivity index (χ1n) is 16.7. The van der Waals surface area contributed by atoms with Gasteiger partial charge in [0, 0.05) is 55.8 Å². The Kier molecular flexibility index (Phi) is 9.94. The summed E-state index contributed by atoms with van der Waals surface area (Å²) in [5.41, 5.74) is 1.39. The van der Waals surface area contributed by atoms with Gasteiger partial charge in [-0.15, -0.1) is 22.7 Å². The molecule has 6 fully saturated rings. The number of nitro groups is 2. The van der Waals surface area contributed by atoms with Crippen LogP contribution >= 0.6 is 22.7 Å². The van der Waals surface area contributed by atoms with Crippen LogP contribution in [-0.2, 0) is 0 Å². The van der Waals surface area contributed by atoms with Crippen LogP contribution < -0.4 is 10.6 Å². The molecule has 0 unspecified atom stereocenters. The highest BCUT2D eigenvalue weighted by Crippen LogP contribution is 2.34. The van der Waals surface area contributed by atoms with Crippen molar-refractivity contribution < 1.29 is 19.4 Å². The Morgan fingerprint density at radius 2 is 1.20 bits per heavy atom. The summed E-state index contributed by atoms with van der Waals surface area (Å²) in [6.07, 6.45) is 7.75. The first-order valence-corrected chi connectivity index (χ1v) is 18.3. The Morgan fingerprint density at radius 3 is 1.68 bits per heavy atom. The van der Waals surface area contributed by atoms with Crippen LogP contribution in [0.5, 0.6) is 0 Å². The number of aromatic nitrogens is 2. The molecule has 0 saturated carbocycles. The van der Waals surface area contributed by atoms with Gasteiger partial charge in [-0.1, -0.05) is 12.1 Å². The molecule has 4 bridgehead atoms. The van der Waals surface area contributed by atoms with Gasteiger partial charge in [-0.25, -0.2) is 9.97 Å². The molecule has 0 radical (unpaired) electrons. The van der Waals surface area contributed by atoms with E-state index in [0.29, 0.717) is 32.3 Å². The minimum Gasteiger partial charge on any atom is -0.346 e. The Balaban J connectivity index is 0.000000157. The maximum atomic E-state index is 12.5. The standard InChI is InChI=1S/2C17H18N4O3S/c22-16(19-14-10-20-7-5-11(14)6-8-20)17-18-9-15(25-17)12-1-3-13(4-2-12)21(23)24;22-16(19-13-10-20-7-5-11(13)6-8-20)17-18-9-15(25-17)12-3-1-2-4-14(12)21(23)24/h1-4,9,11,14H,5-8,10H2,(H,19,22);1-4,9,11,13H,5-8,10H2,(H,19,22)/t14-;13-/m00/s1. The molecule has 6 saturated heterocycles. The molecule has 2 aromatic heterocycles. The van der Waals surface area contributed by atoms with E-state index in [4.69, 9.17) is 0 Å². The second-order valence-electron chi connectivity index (χ2n) is 13.1. The van der Waals surface area contributed by atoms with Crippen molar-refractivity contribution in [3.8, 4) is 20.9 Å². The molecule has 0 spiro atoms. The third-order valence-corrected chi connectivity index (χ3v) is 12.1. The van der Waals surface area contributed by atoms with Crippen LogP contribution in [-0.4, -0.2) is 92.8 Å². The van der Waals surface area contributed by atoms with E-state index >= 15 is 0 Å². The molecule has 0 aliphatic carbocycles. The smallest absolute Gasteiger partial charge is 0.280 e. The van der Waals surface area contributed by atoms with Gasteiger partial charge in [-0.2, -0.15) is 0 Å². The molecule has 2 amide bonds. The molecule has 6 aliphatic heterocycles. The Hall–Kier alpha value is -4.64. The number of non-ortho nitro benzene ring substituents is 1. The summed E-state index contributed by atoms with van der Waals surface area (Å²) < 4.78 is 0. The normalized spacial score (nSPS) is 24.9. The summed E-state index contributed by atoms with van der Waals surface area (Å²) in [5, 5.41) is 28.9. The number of nitro benzene ring substituents is 2. The average molecular weight is 717 g/mol. The lowest BCUT2D eigenvalue weighted by atomic mass is 9.84. The van der Waals surface area contributed by atoms with Gasteiger partial charge in [0.2, 0.25) is 0 Å². The summed E-state index contributed by atoms with van der Waals surface area (Å²) in [7, 11) is 0. The maximum absolute atomic E-state index is 12.5. The predicted octanol–water partition coefficient (Wildman–Crippen LogP) is 5.08. The largest absolute Gasteiger partial charge is 0.346 e. The molecular weight excluding hydrogens is 681 g/mol. The highest BCUT2D eigenvalue weighted by atomic mass is 32.1. The zero-order chi connectivity index (χ0) is 34.8. The van der Waals surface area contributed by atoms with Crippen LogP contribution in [0.25, 0.3) is 20.9 Å². The van der Waals surface area contributed by atoms with Crippen molar-refractivity contribution in [2.45, 2.75) is 37.8 Å². The molecule has 14 nitrogen and oxygen atoms in total. The summed E-state index contributed by atoms with van der Waals surface area (Å²) in [5.74, 6) is 0.803. The number of fused-ring (bicyclic) bond motifs is 6. The fraction of sp³-hybridized carbons (Fsp3) is 0.412. The number of amides is 2. The number of benzene rings is 2. The van der Waals surface area contributed by atoms with E-state index < -0.39 is 9.85 Å². The Labute approximate surface area is 295 Å². The van der Waals surface area contributed by atoms with Crippen molar-refractivity contribution in [2.24, 2.45) is 11.8 Å². The Bertz CT molecular complexity index is 1880. The van der Waals surface area contributed by atoms with Gasteiger partial charge < -0.3 is 20.4 Å². The van der Waals surface area contributed by atoms with Gasteiger partial charge in [0.25, 0.3) is 23.2 Å². The van der Waals surface area contributed by atoms with Crippen molar-refractivity contribution in [1.82, 2.24) is 30.4 Å². The average Bonchev–Trinajstić information content (AvgIpc) is 3.85. The quantitative estimate of drug-likeness (QED) is 0.185. The summed E-state index contributed by atoms with van der Waals surface area (Å²) in [6.45, 7) is 6.35. The number of hydrogen-bond acceptors (Lipinski definition) is 12. The van der Waals surface area contributed by atoms with Gasteiger partial charge in [0.1, 0.15) is 0 Å². The van der Waals surface area contributed by atoms with Crippen LogP contribution in [0, 0.1) is 32.1 Å². The van der Waals surface area contributed by atoms with E-state index in [2.05, 4.69) is 30.4 Å². The van der Waals surface area contributed by atoms with E-state index in [1.165, 1.54) is 40.9 Å². The van der Waals surface area contributed by atoms with Crippen LogP contribution in [0.3, 0.4) is 0 Å². The number of nitrogens with zero attached hydrogens (tertiary/aromatic N) is 6.